The van der Waals surface area contributed by atoms with Gasteiger partial charge >= 0.3 is 6.03 Å². The number of hydrogen-bond acceptors (Lipinski definition) is 5. The van der Waals surface area contributed by atoms with Crippen molar-refractivity contribution in [2.24, 2.45) is 0 Å². The normalized spacial score (nSPS) is 19.6. The molecule has 2 aromatic rings. The third-order valence-electron chi connectivity index (χ3n) is 6.38. The number of benzene rings is 2. The summed E-state index contributed by atoms with van der Waals surface area (Å²) in [6, 6.07) is 11.9. The summed E-state index contributed by atoms with van der Waals surface area (Å²) < 4.78 is 24.1. The molecule has 4 amide bonds. The number of nitrogens with one attached hydrogen (secondary N) is 2. The molecule has 2 aromatic carbocycles. The smallest absolute Gasteiger partial charge is 0.325 e. The Kier molecular flexibility index (Phi) is 7.12. The lowest BCUT2D eigenvalue weighted by atomic mass is 9.82. The Bertz CT molecular complexity index is 1050. The van der Waals surface area contributed by atoms with Crippen molar-refractivity contribution in [1.82, 2.24) is 10.2 Å². The van der Waals surface area contributed by atoms with Crippen molar-refractivity contribution in [3.8, 4) is 5.75 Å². The molecule has 180 valence electrons. The van der Waals surface area contributed by atoms with E-state index >= 15 is 0 Å². The standard InChI is InChI=1S/C25H28FN3O5/c1-33-20-7-5-17(6-8-20)16-25(11-13-34-14-12-25)29-23(31)21(28-24(29)32)9-10-22(30)27-19-4-2-3-18(26)15-19/h2-8,15,21H,9-14,16H2,1H3,(H,27,30)(H,28,32)/t21-/m0/s1. The van der Waals surface area contributed by atoms with E-state index in [4.69, 9.17) is 9.47 Å². The molecule has 8 nitrogen and oxygen atoms in total. The third-order valence-corrected chi connectivity index (χ3v) is 6.38. The third kappa shape index (κ3) is 5.20. The van der Waals surface area contributed by atoms with Crippen LogP contribution in [0.3, 0.4) is 0 Å². The number of urea groups is 1. The van der Waals surface area contributed by atoms with E-state index in [1.165, 1.54) is 23.1 Å². The first-order valence-electron chi connectivity index (χ1n) is 11.3. The molecule has 1 atom stereocenters. The molecule has 2 fully saturated rings. The van der Waals surface area contributed by atoms with Crippen LogP contribution in [0, 0.1) is 5.82 Å². The van der Waals surface area contributed by atoms with E-state index in [1.54, 1.807) is 13.2 Å². The second-order valence-electron chi connectivity index (χ2n) is 8.63. The highest BCUT2D eigenvalue weighted by atomic mass is 19.1. The van der Waals surface area contributed by atoms with Gasteiger partial charge in [-0.3, -0.25) is 14.5 Å². The number of rotatable bonds is 8. The van der Waals surface area contributed by atoms with Gasteiger partial charge in [-0.2, -0.15) is 0 Å². The zero-order valence-corrected chi connectivity index (χ0v) is 19.0. The van der Waals surface area contributed by atoms with Gasteiger partial charge in [-0.1, -0.05) is 18.2 Å². The lowest BCUT2D eigenvalue weighted by Gasteiger charge is -2.43. The Hall–Kier alpha value is -3.46. The fourth-order valence-electron chi connectivity index (χ4n) is 4.60. The first-order chi connectivity index (χ1) is 16.4. The minimum Gasteiger partial charge on any atom is -0.497 e. The number of imide groups is 1. The molecule has 4 rings (SSSR count). The quantitative estimate of drug-likeness (QED) is 0.579. The predicted octanol–water partition coefficient (Wildman–Crippen LogP) is 3.27. The molecule has 34 heavy (non-hydrogen) atoms. The van der Waals surface area contributed by atoms with Gasteiger partial charge in [-0.15, -0.1) is 0 Å². The molecule has 0 aromatic heterocycles. The first kappa shape index (κ1) is 23.7. The van der Waals surface area contributed by atoms with Crippen molar-refractivity contribution in [3.63, 3.8) is 0 Å². The molecule has 0 radical (unpaired) electrons. The molecule has 9 heteroatoms. The van der Waals surface area contributed by atoms with Crippen molar-refractivity contribution < 1.29 is 28.2 Å². The van der Waals surface area contributed by atoms with Crippen molar-refractivity contribution in [2.75, 3.05) is 25.6 Å². The van der Waals surface area contributed by atoms with Crippen molar-refractivity contribution in [1.29, 1.82) is 0 Å². The van der Waals surface area contributed by atoms with E-state index in [9.17, 15) is 18.8 Å². The minimum atomic E-state index is -0.790. The second kappa shape index (κ2) is 10.2. The number of methoxy groups -OCH3 is 1. The Morgan fingerprint density at radius 1 is 1.21 bits per heavy atom. The summed E-state index contributed by atoms with van der Waals surface area (Å²) in [6.07, 6.45) is 1.73. The Balaban J connectivity index is 1.44. The maximum absolute atomic E-state index is 13.3. The van der Waals surface area contributed by atoms with Gasteiger partial charge in [0, 0.05) is 25.3 Å². The summed E-state index contributed by atoms with van der Waals surface area (Å²) in [7, 11) is 1.60. The maximum atomic E-state index is 13.3. The molecule has 0 aliphatic carbocycles. The average Bonchev–Trinajstić information content (AvgIpc) is 3.12. The fraction of sp³-hybridized carbons (Fsp3) is 0.400. The predicted molar refractivity (Wildman–Crippen MR) is 123 cm³/mol. The second-order valence-corrected chi connectivity index (χ2v) is 8.63. The number of nitrogens with zero attached hydrogens (tertiary/aromatic N) is 1. The van der Waals surface area contributed by atoms with Gasteiger partial charge in [0.05, 0.1) is 12.6 Å². The Morgan fingerprint density at radius 2 is 1.94 bits per heavy atom. The lowest BCUT2D eigenvalue weighted by Crippen LogP contribution is -2.56. The number of halogens is 1. The highest BCUT2D eigenvalue weighted by Crippen LogP contribution is 2.35. The first-order valence-corrected chi connectivity index (χ1v) is 11.3. The highest BCUT2D eigenvalue weighted by molar-refractivity contribution is 6.05. The minimum absolute atomic E-state index is 0.00955. The summed E-state index contributed by atoms with van der Waals surface area (Å²) in [5.41, 5.74) is 0.627. The highest BCUT2D eigenvalue weighted by Gasteiger charge is 2.50. The Morgan fingerprint density at radius 3 is 2.62 bits per heavy atom. The van der Waals surface area contributed by atoms with Crippen LogP contribution in [0.5, 0.6) is 5.75 Å². The number of carbonyl (C=O) groups is 3. The van der Waals surface area contributed by atoms with Crippen LogP contribution in [0.2, 0.25) is 0 Å². The van der Waals surface area contributed by atoms with Crippen molar-refractivity contribution in [2.45, 2.75) is 43.7 Å². The van der Waals surface area contributed by atoms with Crippen LogP contribution in [0.4, 0.5) is 14.9 Å². The van der Waals surface area contributed by atoms with Crippen LogP contribution in [-0.2, 0) is 20.7 Å². The summed E-state index contributed by atoms with van der Waals surface area (Å²) in [6.45, 7) is 0.905. The molecule has 0 unspecified atom stereocenters. The maximum Gasteiger partial charge on any atom is 0.325 e. The van der Waals surface area contributed by atoms with Crippen LogP contribution in [0.25, 0.3) is 0 Å². The van der Waals surface area contributed by atoms with Crippen molar-refractivity contribution in [3.05, 3.63) is 59.9 Å². The lowest BCUT2D eigenvalue weighted by molar-refractivity contribution is -0.135. The fourth-order valence-corrected chi connectivity index (χ4v) is 4.60. The molecule has 2 N–H and O–H groups in total. The number of anilines is 1. The zero-order valence-electron chi connectivity index (χ0n) is 19.0. The van der Waals surface area contributed by atoms with Crippen LogP contribution >= 0.6 is 0 Å². The molecule has 2 heterocycles. The van der Waals surface area contributed by atoms with E-state index in [-0.39, 0.29) is 24.7 Å². The van der Waals surface area contributed by atoms with Crippen LogP contribution in [-0.4, -0.2) is 54.6 Å². The number of amides is 4. The van der Waals surface area contributed by atoms with E-state index < -0.39 is 23.4 Å². The van der Waals surface area contributed by atoms with Gasteiger partial charge in [0.15, 0.2) is 0 Å². The van der Waals surface area contributed by atoms with Gasteiger partial charge in [0.2, 0.25) is 5.91 Å². The van der Waals surface area contributed by atoms with Gasteiger partial charge < -0.3 is 20.1 Å². The van der Waals surface area contributed by atoms with Crippen LogP contribution < -0.4 is 15.4 Å². The molecule has 2 aliphatic rings. The monoisotopic (exact) mass is 469 g/mol. The van der Waals surface area contributed by atoms with Crippen LogP contribution in [0.1, 0.15) is 31.2 Å². The SMILES string of the molecule is COc1ccc(CC2(N3C(=O)N[C@@H](CCC(=O)Nc4cccc(F)c4)C3=O)CCOCC2)cc1. The summed E-state index contributed by atoms with van der Waals surface area (Å²) in [5, 5.41) is 5.36. The summed E-state index contributed by atoms with van der Waals surface area (Å²) in [5.74, 6) is -0.411. The van der Waals surface area contributed by atoms with Gasteiger partial charge in [-0.05, 0) is 61.6 Å². The molecular weight excluding hydrogens is 441 g/mol. The summed E-state index contributed by atoms with van der Waals surface area (Å²) in [4.78, 5) is 39.9. The molecule has 0 bridgehead atoms. The van der Waals surface area contributed by atoms with E-state index in [1.807, 2.05) is 24.3 Å². The topological polar surface area (TPSA) is 97.0 Å². The number of hydrogen-bond donors (Lipinski definition) is 2. The number of carbonyl (C=O) groups excluding carboxylic acids is 3. The molecule has 0 spiro atoms. The van der Waals surface area contributed by atoms with E-state index in [0.29, 0.717) is 38.2 Å². The molecule has 2 aliphatic heterocycles. The van der Waals surface area contributed by atoms with Gasteiger partial charge in [-0.25, -0.2) is 9.18 Å². The largest absolute Gasteiger partial charge is 0.497 e. The van der Waals surface area contributed by atoms with E-state index in [0.717, 1.165) is 11.3 Å². The van der Waals surface area contributed by atoms with Crippen molar-refractivity contribution >= 4 is 23.5 Å². The molecule has 2 saturated heterocycles. The summed E-state index contributed by atoms with van der Waals surface area (Å²) >= 11 is 0. The van der Waals surface area contributed by atoms with Gasteiger partial charge in [0.25, 0.3) is 5.91 Å². The molecule has 0 saturated carbocycles. The Labute approximate surface area is 197 Å². The van der Waals surface area contributed by atoms with E-state index in [2.05, 4.69) is 10.6 Å². The molecular formula is C25H28FN3O5. The van der Waals surface area contributed by atoms with Gasteiger partial charge in [0.1, 0.15) is 17.6 Å². The average molecular weight is 470 g/mol. The zero-order chi connectivity index (χ0) is 24.1. The number of ether oxygens (including phenoxy) is 2. The van der Waals surface area contributed by atoms with Crippen LogP contribution in [0.15, 0.2) is 48.5 Å².